The molecule has 0 bridgehead atoms. The second kappa shape index (κ2) is 13.6. The zero-order valence-electron chi connectivity index (χ0n) is 27.1. The van der Waals surface area contributed by atoms with Crippen LogP contribution in [0.2, 0.25) is 0 Å². The summed E-state index contributed by atoms with van der Waals surface area (Å²) in [7, 11) is 0. The lowest BCUT2D eigenvalue weighted by Crippen LogP contribution is -2.22. The second-order valence-electron chi connectivity index (χ2n) is 12.1. The highest BCUT2D eigenvalue weighted by Gasteiger charge is 2.22. The summed E-state index contributed by atoms with van der Waals surface area (Å²) in [5.74, 6) is 6.57. The minimum absolute atomic E-state index is 0.00138. The van der Waals surface area contributed by atoms with Gasteiger partial charge in [0.15, 0.2) is 0 Å². The largest absolute Gasteiger partial charge is 0.384 e. The van der Waals surface area contributed by atoms with Crippen molar-refractivity contribution in [3.63, 3.8) is 0 Å². The Kier molecular flexibility index (Phi) is 9.88. The van der Waals surface area contributed by atoms with E-state index in [1.54, 1.807) is 24.0 Å². The van der Waals surface area contributed by atoms with Gasteiger partial charge in [-0.05, 0) is 81.7 Å². The van der Waals surface area contributed by atoms with E-state index in [9.17, 15) is 4.79 Å². The zero-order chi connectivity index (χ0) is 32.9. The van der Waals surface area contributed by atoms with Gasteiger partial charge in [0, 0.05) is 40.4 Å². The number of aliphatic imine (C=N–C) groups is 1. The number of carbonyl (C=O) groups is 1. The van der Waals surface area contributed by atoms with Gasteiger partial charge < -0.3 is 11.1 Å². The molecule has 2 aromatic heterocycles. The van der Waals surface area contributed by atoms with Crippen molar-refractivity contribution in [2.75, 3.05) is 10.6 Å². The third-order valence-electron chi connectivity index (χ3n) is 7.28. The maximum Gasteiger partial charge on any atom is 0.324 e. The van der Waals surface area contributed by atoms with Crippen molar-refractivity contribution in [3.05, 3.63) is 99.9 Å². The van der Waals surface area contributed by atoms with E-state index in [-0.39, 0.29) is 11.1 Å². The highest BCUT2D eigenvalue weighted by atomic mass is 19.1. The maximum atomic E-state index is 15.1. The third kappa shape index (κ3) is 8.03. The van der Waals surface area contributed by atoms with Gasteiger partial charge in [-0.15, -0.1) is 0 Å². The first kappa shape index (κ1) is 32.7. The summed E-state index contributed by atoms with van der Waals surface area (Å²) in [5.41, 5.74) is 12.0. The predicted molar refractivity (Wildman–Crippen MR) is 182 cm³/mol. The van der Waals surface area contributed by atoms with Gasteiger partial charge in [0.2, 0.25) is 0 Å². The molecule has 0 fully saturated rings. The molecule has 0 saturated carbocycles. The molecule has 232 valence electrons. The first-order valence-electron chi connectivity index (χ1n) is 14.8. The average Bonchev–Trinajstić information content (AvgIpc) is 3.42. The fourth-order valence-corrected chi connectivity index (χ4v) is 4.24. The molecule has 2 amide bonds. The lowest BCUT2D eigenvalue weighted by Gasteiger charge is -2.14. The Balaban J connectivity index is 1.64. The van der Waals surface area contributed by atoms with Crippen LogP contribution in [0.25, 0.3) is 16.6 Å². The van der Waals surface area contributed by atoms with Crippen molar-refractivity contribution in [1.29, 1.82) is 0 Å². The van der Waals surface area contributed by atoms with Gasteiger partial charge in [-0.25, -0.2) is 18.9 Å². The van der Waals surface area contributed by atoms with E-state index >= 15 is 4.39 Å². The van der Waals surface area contributed by atoms with Crippen LogP contribution < -0.4 is 16.4 Å². The number of carbonyl (C=O) groups excluding carboxylic acids is 1. The molecule has 0 aliphatic carbocycles. The third-order valence-corrected chi connectivity index (χ3v) is 7.28. The summed E-state index contributed by atoms with van der Waals surface area (Å²) < 4.78 is 16.8. The van der Waals surface area contributed by atoms with Crippen molar-refractivity contribution < 1.29 is 9.18 Å². The summed E-state index contributed by atoms with van der Waals surface area (Å²) in [4.78, 5) is 22.0. The highest BCUT2D eigenvalue weighted by Crippen LogP contribution is 2.28. The van der Waals surface area contributed by atoms with Crippen molar-refractivity contribution >= 4 is 34.7 Å². The number of urea groups is 1. The molecule has 45 heavy (non-hydrogen) atoms. The van der Waals surface area contributed by atoms with Gasteiger partial charge >= 0.3 is 6.03 Å². The predicted octanol–water partition coefficient (Wildman–Crippen LogP) is 8.17. The molecule has 4 N–H and O–H groups in total. The van der Waals surface area contributed by atoms with Crippen LogP contribution in [-0.2, 0) is 5.41 Å². The quantitative estimate of drug-likeness (QED) is 0.152. The molecular formula is C36H40FN7O. The van der Waals surface area contributed by atoms with E-state index in [0.717, 1.165) is 45.4 Å². The molecule has 0 unspecified atom stereocenters. The average molecular weight is 606 g/mol. The molecule has 0 aliphatic rings. The number of aromatic nitrogens is 3. The number of fused-ring (bicyclic) bond motifs is 1. The number of nitrogens with zero attached hydrogens (tertiary/aromatic N) is 4. The summed E-state index contributed by atoms with van der Waals surface area (Å²) in [6.07, 6.45) is 4.18. The van der Waals surface area contributed by atoms with Crippen LogP contribution in [-0.4, -0.2) is 27.0 Å². The van der Waals surface area contributed by atoms with E-state index in [2.05, 4.69) is 32.5 Å². The molecule has 0 atom stereocenters. The number of pyridine rings is 1. The standard InChI is InChI=1S/C36H40FN7O/c1-9-23(4)27(21-40-34(38)22(2)3)13-12-25-19-31(29(37)17-24(25)5)41-35(45)42-33-20-32(36(6,7)8)43-44(33)28-14-15-30-26(18-28)11-10-16-39-30/h10-11,14-21H,9,38H2,1-8H3,(H2,41,42,45)/b27-23+,40-21-. The van der Waals surface area contributed by atoms with Crippen molar-refractivity contribution in [2.45, 2.75) is 67.2 Å². The van der Waals surface area contributed by atoms with Crippen LogP contribution in [0.1, 0.15) is 71.7 Å². The topological polar surface area (TPSA) is 110 Å². The fraction of sp³-hybridized carbons (Fsp3) is 0.278. The van der Waals surface area contributed by atoms with Crippen LogP contribution in [0, 0.1) is 24.6 Å². The minimum atomic E-state index is -0.618. The number of aryl methyl sites for hydroxylation is 1. The van der Waals surface area contributed by atoms with Crippen LogP contribution in [0.3, 0.4) is 0 Å². The zero-order valence-corrected chi connectivity index (χ0v) is 27.1. The van der Waals surface area contributed by atoms with Crippen molar-refractivity contribution in [1.82, 2.24) is 14.8 Å². The molecule has 2 heterocycles. The maximum absolute atomic E-state index is 15.1. The Labute approximate surface area is 264 Å². The van der Waals surface area contributed by atoms with Gasteiger partial charge in [-0.1, -0.05) is 51.2 Å². The summed E-state index contributed by atoms with van der Waals surface area (Å²) in [6.45, 7) is 15.7. The van der Waals surface area contributed by atoms with Crippen molar-refractivity contribution in [3.8, 4) is 17.5 Å². The number of amides is 2. The van der Waals surface area contributed by atoms with Crippen LogP contribution in [0.4, 0.5) is 20.7 Å². The van der Waals surface area contributed by atoms with Crippen molar-refractivity contribution in [2.24, 2.45) is 10.7 Å². The Morgan fingerprint density at radius 2 is 1.87 bits per heavy atom. The first-order chi connectivity index (χ1) is 21.3. The number of allylic oxidation sites excluding steroid dienone is 3. The van der Waals surface area contributed by atoms with Gasteiger partial charge in [-0.3, -0.25) is 10.3 Å². The number of halogens is 1. The number of hydrogen-bond donors (Lipinski definition) is 3. The molecule has 0 saturated heterocycles. The number of rotatable bonds is 6. The molecule has 0 radical (unpaired) electrons. The van der Waals surface area contributed by atoms with E-state index in [1.165, 1.54) is 12.1 Å². The number of nitrogens with one attached hydrogen (secondary N) is 2. The molecule has 4 aromatic rings. The molecule has 2 aromatic carbocycles. The monoisotopic (exact) mass is 605 g/mol. The molecule has 8 nitrogen and oxygen atoms in total. The molecule has 0 spiro atoms. The van der Waals surface area contributed by atoms with Crippen LogP contribution in [0.5, 0.6) is 0 Å². The second-order valence-corrected chi connectivity index (χ2v) is 12.1. The van der Waals surface area contributed by atoms with Gasteiger partial charge in [0.25, 0.3) is 0 Å². The van der Waals surface area contributed by atoms with E-state index in [4.69, 9.17) is 10.8 Å². The summed E-state index contributed by atoms with van der Waals surface area (Å²) >= 11 is 0. The molecule has 4 rings (SSSR count). The van der Waals surface area contributed by atoms with Crippen LogP contribution in [0.15, 0.2) is 82.3 Å². The fourth-order valence-electron chi connectivity index (χ4n) is 4.24. The van der Waals surface area contributed by atoms with Crippen LogP contribution >= 0.6 is 0 Å². The van der Waals surface area contributed by atoms with E-state index in [1.807, 2.05) is 84.9 Å². The SMILES string of the molecule is CC/C(C)=C(C#Cc1cc(NC(=O)Nc2cc(C(C)(C)C)nn2-c2ccc3ncccc3c2)c(F)cc1C)/C=N\C(N)=C(C)C. The minimum Gasteiger partial charge on any atom is -0.384 e. The lowest BCUT2D eigenvalue weighted by atomic mass is 9.92. The van der Waals surface area contributed by atoms with Gasteiger partial charge in [0.05, 0.1) is 22.6 Å². The van der Waals surface area contributed by atoms with Gasteiger partial charge in [-0.2, -0.15) is 5.10 Å². The number of anilines is 2. The first-order valence-corrected chi connectivity index (χ1v) is 14.8. The molecule has 9 heteroatoms. The highest BCUT2D eigenvalue weighted by molar-refractivity contribution is 6.00. The Morgan fingerprint density at radius 1 is 1.11 bits per heavy atom. The van der Waals surface area contributed by atoms with Gasteiger partial charge in [0.1, 0.15) is 17.5 Å². The summed E-state index contributed by atoms with van der Waals surface area (Å²) in [6, 6.07) is 13.7. The smallest absolute Gasteiger partial charge is 0.324 e. The Morgan fingerprint density at radius 3 is 2.56 bits per heavy atom. The van der Waals surface area contributed by atoms with E-state index in [0.29, 0.717) is 22.8 Å². The normalized spacial score (nSPS) is 12.0. The number of nitrogens with two attached hydrogens (primary N) is 1. The molecule has 0 aliphatic heterocycles. The lowest BCUT2D eigenvalue weighted by molar-refractivity contribution is 0.262. The van der Waals surface area contributed by atoms with E-state index < -0.39 is 11.8 Å². The Hall–Kier alpha value is -5.23. The summed E-state index contributed by atoms with van der Waals surface area (Å²) in [5, 5.41) is 11.2. The number of benzene rings is 2. The number of hydrogen-bond acceptors (Lipinski definition) is 5. The Bertz CT molecular complexity index is 1910. The molecular weight excluding hydrogens is 565 g/mol.